The average molecular weight is 352 g/mol. The molecule has 0 fully saturated rings. The fourth-order valence-electron chi connectivity index (χ4n) is 3.21. The summed E-state index contributed by atoms with van der Waals surface area (Å²) in [6, 6.07) is 6.09. The molecule has 2 aliphatic heterocycles. The number of anilines is 1. The van der Waals surface area contributed by atoms with Crippen molar-refractivity contribution in [3.63, 3.8) is 0 Å². The molecule has 1 atom stereocenters. The molecule has 1 unspecified atom stereocenters. The Hall–Kier alpha value is -3.09. The van der Waals surface area contributed by atoms with Crippen LogP contribution in [0.25, 0.3) is 0 Å². The third kappa shape index (κ3) is 2.96. The van der Waals surface area contributed by atoms with E-state index in [0.29, 0.717) is 31.1 Å². The fourth-order valence-corrected chi connectivity index (χ4v) is 3.21. The zero-order chi connectivity index (χ0) is 18.1. The van der Waals surface area contributed by atoms with Crippen molar-refractivity contribution in [2.75, 3.05) is 26.1 Å². The van der Waals surface area contributed by atoms with Crippen molar-refractivity contribution in [1.29, 1.82) is 0 Å². The smallest absolute Gasteiger partial charge is 0.319 e. The molecular formula is C19H20N4O3. The first kappa shape index (κ1) is 16.4. The van der Waals surface area contributed by atoms with Crippen molar-refractivity contribution in [3.05, 3.63) is 41.6 Å². The van der Waals surface area contributed by atoms with Crippen molar-refractivity contribution < 1.29 is 14.2 Å². The van der Waals surface area contributed by atoms with Gasteiger partial charge in [-0.2, -0.15) is 9.97 Å². The molecule has 0 saturated heterocycles. The van der Waals surface area contributed by atoms with Crippen LogP contribution in [0.2, 0.25) is 0 Å². The summed E-state index contributed by atoms with van der Waals surface area (Å²) in [6.45, 7) is 2.77. The number of nitrogens with zero attached hydrogens (tertiary/aromatic N) is 3. The lowest BCUT2D eigenvalue weighted by molar-refractivity contribution is 0.327. The minimum absolute atomic E-state index is 0.0136. The van der Waals surface area contributed by atoms with Crippen LogP contribution in [0.4, 0.5) is 11.5 Å². The van der Waals surface area contributed by atoms with Gasteiger partial charge in [0.05, 0.1) is 12.8 Å². The lowest BCUT2D eigenvalue weighted by Crippen LogP contribution is -2.12. The van der Waals surface area contributed by atoms with E-state index >= 15 is 0 Å². The highest BCUT2D eigenvalue weighted by atomic mass is 16.5. The van der Waals surface area contributed by atoms with E-state index in [1.54, 1.807) is 7.11 Å². The minimum Gasteiger partial charge on any atom is -0.496 e. The Bertz CT molecular complexity index is 908. The molecule has 26 heavy (non-hydrogen) atoms. The Morgan fingerprint density at radius 2 is 1.96 bits per heavy atom. The molecule has 0 radical (unpaired) electrons. The number of ether oxygens (including phenoxy) is 3. The highest BCUT2D eigenvalue weighted by Crippen LogP contribution is 2.41. The van der Waals surface area contributed by atoms with Gasteiger partial charge in [-0.25, -0.2) is 0 Å². The van der Waals surface area contributed by atoms with Gasteiger partial charge in [0, 0.05) is 11.6 Å². The maximum Gasteiger partial charge on any atom is 0.319 e. The zero-order valence-electron chi connectivity index (χ0n) is 14.7. The number of nitrogen functional groups attached to an aromatic ring is 1. The highest BCUT2D eigenvalue weighted by Gasteiger charge is 2.30. The topological polar surface area (TPSA) is 91.9 Å². The standard InChI is InChI=1S/C19H20N4O3/c1-11-14-10-12-9-13(5-6-15(12)24-2)25-7-3-4-8-26-19-22-16(14)17(21-11)18(20)23-19/h3-6,9,14H,7-8,10H2,1-2H3,(H2,20,22,23)/b4-3-. The number of fused-ring (bicyclic) bond motifs is 3. The maximum absolute atomic E-state index is 6.09. The number of aliphatic imine (C=N–C) groups is 1. The predicted octanol–water partition coefficient (Wildman–Crippen LogP) is 2.83. The second-order valence-corrected chi connectivity index (χ2v) is 6.20. The predicted molar refractivity (Wildman–Crippen MR) is 98.8 cm³/mol. The average Bonchev–Trinajstić information content (AvgIpc) is 2.94. The summed E-state index contributed by atoms with van der Waals surface area (Å²) in [5.41, 5.74) is 9.48. The van der Waals surface area contributed by atoms with Crippen LogP contribution in [0.5, 0.6) is 17.5 Å². The second kappa shape index (κ2) is 6.67. The molecule has 4 rings (SSSR count). The lowest BCUT2D eigenvalue weighted by atomic mass is 9.92. The van der Waals surface area contributed by atoms with Gasteiger partial charge in [0.15, 0.2) is 5.82 Å². The largest absolute Gasteiger partial charge is 0.496 e. The van der Waals surface area contributed by atoms with Crippen molar-refractivity contribution in [2.45, 2.75) is 19.3 Å². The summed E-state index contributed by atoms with van der Waals surface area (Å²) < 4.78 is 16.9. The van der Waals surface area contributed by atoms with Gasteiger partial charge < -0.3 is 19.9 Å². The van der Waals surface area contributed by atoms with Gasteiger partial charge in [-0.05, 0) is 49.3 Å². The molecule has 2 aromatic rings. The Morgan fingerprint density at radius 1 is 1.15 bits per heavy atom. The summed E-state index contributed by atoms with van der Waals surface area (Å²) in [5.74, 6) is 1.92. The first-order valence-electron chi connectivity index (χ1n) is 8.46. The second-order valence-electron chi connectivity index (χ2n) is 6.20. The summed E-state index contributed by atoms with van der Waals surface area (Å²) in [7, 11) is 1.66. The van der Waals surface area contributed by atoms with Gasteiger partial charge in [0.1, 0.15) is 30.4 Å². The van der Waals surface area contributed by atoms with Crippen LogP contribution < -0.4 is 19.9 Å². The van der Waals surface area contributed by atoms with Gasteiger partial charge in [0.25, 0.3) is 0 Å². The summed E-state index contributed by atoms with van der Waals surface area (Å²) in [5, 5.41) is 0. The van der Waals surface area contributed by atoms with E-state index in [-0.39, 0.29) is 11.9 Å². The van der Waals surface area contributed by atoms with Gasteiger partial charge in [0.2, 0.25) is 0 Å². The van der Waals surface area contributed by atoms with E-state index in [4.69, 9.17) is 19.9 Å². The lowest BCUT2D eigenvalue weighted by Gasteiger charge is -2.17. The Kier molecular flexibility index (Phi) is 4.20. The number of benzene rings is 1. The molecular weight excluding hydrogens is 332 g/mol. The molecule has 1 aromatic carbocycles. The van der Waals surface area contributed by atoms with E-state index in [1.165, 1.54) is 0 Å². The van der Waals surface area contributed by atoms with Gasteiger partial charge >= 0.3 is 6.01 Å². The SMILES string of the molecule is COc1ccc2cc1CC1C(C)=Nc3c(N)nc(nc31)OC/C=C\CO2. The summed E-state index contributed by atoms with van der Waals surface area (Å²) in [6.07, 6.45) is 4.43. The maximum atomic E-state index is 6.09. The highest BCUT2D eigenvalue weighted by molar-refractivity contribution is 5.97. The molecule has 7 heteroatoms. The monoisotopic (exact) mass is 352 g/mol. The molecule has 7 nitrogen and oxygen atoms in total. The molecule has 2 aliphatic rings. The number of hydrogen-bond acceptors (Lipinski definition) is 7. The van der Waals surface area contributed by atoms with E-state index in [2.05, 4.69) is 15.0 Å². The molecule has 134 valence electrons. The van der Waals surface area contributed by atoms with Crippen molar-refractivity contribution >= 4 is 17.2 Å². The van der Waals surface area contributed by atoms with E-state index < -0.39 is 0 Å². The molecule has 0 spiro atoms. The van der Waals surface area contributed by atoms with E-state index in [1.807, 2.05) is 37.3 Å². The Balaban J connectivity index is 1.81. The van der Waals surface area contributed by atoms with Crippen LogP contribution >= 0.6 is 0 Å². The summed E-state index contributed by atoms with van der Waals surface area (Å²) in [4.78, 5) is 13.4. The first-order chi connectivity index (χ1) is 12.7. The molecule has 1 aromatic heterocycles. The van der Waals surface area contributed by atoms with Crippen LogP contribution in [-0.4, -0.2) is 36.0 Å². The van der Waals surface area contributed by atoms with Gasteiger partial charge in [-0.15, -0.1) is 0 Å². The molecule has 2 N–H and O–H groups in total. The molecule has 0 aliphatic carbocycles. The van der Waals surface area contributed by atoms with Crippen molar-refractivity contribution in [2.24, 2.45) is 4.99 Å². The zero-order valence-corrected chi connectivity index (χ0v) is 14.7. The van der Waals surface area contributed by atoms with Crippen molar-refractivity contribution in [1.82, 2.24) is 9.97 Å². The third-order valence-electron chi connectivity index (χ3n) is 4.54. The number of aromatic nitrogens is 2. The van der Waals surface area contributed by atoms with Crippen LogP contribution in [0.15, 0.2) is 35.3 Å². The normalized spacial score (nSPS) is 19.6. The van der Waals surface area contributed by atoms with E-state index in [9.17, 15) is 0 Å². The molecule has 0 amide bonds. The Morgan fingerprint density at radius 3 is 2.77 bits per heavy atom. The minimum atomic E-state index is -0.0136. The first-order valence-corrected chi connectivity index (χ1v) is 8.46. The van der Waals surface area contributed by atoms with Crippen LogP contribution in [-0.2, 0) is 6.42 Å². The third-order valence-corrected chi connectivity index (χ3v) is 4.54. The number of hydrogen-bond donors (Lipinski definition) is 1. The molecule has 0 saturated carbocycles. The number of methoxy groups -OCH3 is 1. The Labute approximate surface area is 151 Å². The van der Waals surface area contributed by atoms with Gasteiger partial charge in [-0.1, -0.05) is 0 Å². The van der Waals surface area contributed by atoms with Crippen LogP contribution in [0.1, 0.15) is 24.1 Å². The van der Waals surface area contributed by atoms with Gasteiger partial charge in [-0.3, -0.25) is 4.99 Å². The fraction of sp³-hybridized carbons (Fsp3) is 0.316. The van der Waals surface area contributed by atoms with Crippen molar-refractivity contribution in [3.8, 4) is 17.5 Å². The van der Waals surface area contributed by atoms with Crippen LogP contribution in [0, 0.1) is 0 Å². The molecule has 4 bridgehead atoms. The van der Waals surface area contributed by atoms with E-state index in [0.717, 1.165) is 28.5 Å². The number of nitrogens with two attached hydrogens (primary N) is 1. The molecule has 3 heterocycles. The number of rotatable bonds is 1. The summed E-state index contributed by atoms with van der Waals surface area (Å²) >= 11 is 0. The van der Waals surface area contributed by atoms with Crippen LogP contribution in [0.3, 0.4) is 0 Å². The quantitative estimate of drug-likeness (QED) is 0.794.